The number of hydrogen-bond acceptors (Lipinski definition) is 1. The van der Waals surface area contributed by atoms with E-state index in [4.69, 9.17) is 0 Å². The van der Waals surface area contributed by atoms with Crippen molar-refractivity contribution in [2.24, 2.45) is 4.99 Å². The Hall–Kier alpha value is -1.06. The summed E-state index contributed by atoms with van der Waals surface area (Å²) in [5.41, 5.74) is 0.612. The highest BCUT2D eigenvalue weighted by atomic mass is 127. The van der Waals surface area contributed by atoms with Crippen molar-refractivity contribution in [1.29, 1.82) is 0 Å². The molecule has 0 saturated carbocycles. The topological polar surface area (TPSA) is 36.4 Å². The third kappa shape index (κ3) is 10.7. The fourth-order valence-corrected chi connectivity index (χ4v) is 1.99. The highest BCUT2D eigenvalue weighted by Crippen LogP contribution is 2.21. The summed E-state index contributed by atoms with van der Waals surface area (Å²) in [6.07, 6.45) is -3.93. The van der Waals surface area contributed by atoms with Gasteiger partial charge in [0, 0.05) is 26.1 Å². The van der Waals surface area contributed by atoms with Crippen LogP contribution < -0.4 is 10.6 Å². The van der Waals surface area contributed by atoms with Crippen molar-refractivity contribution in [3.8, 4) is 0 Å². The lowest BCUT2D eigenvalue weighted by atomic mass is 10.1. The minimum absolute atomic E-state index is 0. The molecule has 0 amide bonds. The lowest BCUT2D eigenvalue weighted by molar-refractivity contribution is -0.135. The summed E-state index contributed by atoms with van der Waals surface area (Å²) >= 11 is 0. The first-order chi connectivity index (χ1) is 10.9. The average molecular weight is 461 g/mol. The van der Waals surface area contributed by atoms with Crippen LogP contribution in [0.25, 0.3) is 0 Å². The Morgan fingerprint density at radius 2 is 1.83 bits per heavy atom. The van der Waals surface area contributed by atoms with E-state index in [1.54, 1.807) is 18.2 Å². The summed E-state index contributed by atoms with van der Waals surface area (Å²) in [6.45, 7) is 3.37. The van der Waals surface area contributed by atoms with Gasteiger partial charge < -0.3 is 10.6 Å². The van der Waals surface area contributed by atoms with Crippen molar-refractivity contribution in [1.82, 2.24) is 10.6 Å². The van der Waals surface area contributed by atoms with Crippen LogP contribution >= 0.6 is 24.0 Å². The number of rotatable bonds is 8. The molecule has 0 spiro atoms. The second kappa shape index (κ2) is 12.3. The number of nitrogens with zero attached hydrogens (tertiary/aromatic N) is 1. The van der Waals surface area contributed by atoms with E-state index in [0.717, 1.165) is 0 Å². The molecule has 0 aromatic heterocycles. The van der Waals surface area contributed by atoms with E-state index in [-0.39, 0.29) is 36.2 Å². The maximum atomic E-state index is 13.5. The van der Waals surface area contributed by atoms with Gasteiger partial charge in [-0.3, -0.25) is 4.99 Å². The Morgan fingerprint density at radius 1 is 1.12 bits per heavy atom. The molecule has 138 valence electrons. The predicted molar refractivity (Wildman–Crippen MR) is 99.4 cm³/mol. The number of guanidine groups is 1. The molecule has 0 atom stereocenters. The quantitative estimate of drug-likeness (QED) is 0.200. The Kier molecular flexibility index (Phi) is 11.8. The van der Waals surface area contributed by atoms with Gasteiger partial charge in [-0.15, -0.1) is 24.0 Å². The van der Waals surface area contributed by atoms with Crippen LogP contribution in [-0.2, 0) is 6.42 Å². The van der Waals surface area contributed by atoms with E-state index in [1.807, 2.05) is 6.92 Å². The van der Waals surface area contributed by atoms with Crippen LogP contribution in [0, 0.1) is 5.82 Å². The summed E-state index contributed by atoms with van der Waals surface area (Å²) in [7, 11) is 0. The normalized spacial score (nSPS) is 11.8. The van der Waals surface area contributed by atoms with Gasteiger partial charge >= 0.3 is 6.18 Å². The van der Waals surface area contributed by atoms with Crippen molar-refractivity contribution in [3.05, 3.63) is 35.6 Å². The first-order valence-electron chi connectivity index (χ1n) is 7.74. The third-order valence-electron chi connectivity index (χ3n) is 3.13. The summed E-state index contributed by atoms with van der Waals surface area (Å²) in [4.78, 5) is 4.22. The average Bonchev–Trinajstić information content (AvgIpc) is 2.47. The number of aliphatic imine (C=N–C) groups is 1. The van der Waals surface area contributed by atoms with Gasteiger partial charge in [-0.25, -0.2) is 4.39 Å². The monoisotopic (exact) mass is 461 g/mol. The van der Waals surface area contributed by atoms with E-state index < -0.39 is 12.6 Å². The molecule has 0 fully saturated rings. The highest BCUT2D eigenvalue weighted by molar-refractivity contribution is 14.0. The minimum Gasteiger partial charge on any atom is -0.357 e. The number of benzene rings is 1. The molecule has 0 heterocycles. The van der Waals surface area contributed by atoms with Crippen LogP contribution in [0.15, 0.2) is 29.3 Å². The molecule has 0 unspecified atom stereocenters. The molecule has 0 radical (unpaired) electrons. The van der Waals surface area contributed by atoms with Gasteiger partial charge in [-0.1, -0.05) is 18.2 Å². The van der Waals surface area contributed by atoms with E-state index >= 15 is 0 Å². The third-order valence-corrected chi connectivity index (χ3v) is 3.13. The van der Waals surface area contributed by atoms with Crippen LogP contribution in [-0.4, -0.2) is 31.8 Å². The van der Waals surface area contributed by atoms with Crippen LogP contribution in [0.4, 0.5) is 17.6 Å². The maximum absolute atomic E-state index is 13.5. The number of unbranched alkanes of at least 4 members (excludes halogenated alkanes) is 1. The first-order valence-corrected chi connectivity index (χ1v) is 7.74. The van der Waals surface area contributed by atoms with Gasteiger partial charge in [-0.2, -0.15) is 13.2 Å². The second-order valence-corrected chi connectivity index (χ2v) is 5.10. The second-order valence-electron chi connectivity index (χ2n) is 5.10. The zero-order valence-corrected chi connectivity index (χ0v) is 16.0. The van der Waals surface area contributed by atoms with Gasteiger partial charge in [0.25, 0.3) is 0 Å². The summed E-state index contributed by atoms with van der Waals surface area (Å²) in [5.74, 6) is 0.291. The number of nitrogens with one attached hydrogen (secondary N) is 2. The first kappa shape index (κ1) is 22.9. The van der Waals surface area contributed by atoms with Crippen LogP contribution in [0.2, 0.25) is 0 Å². The largest absolute Gasteiger partial charge is 0.389 e. The van der Waals surface area contributed by atoms with Crippen molar-refractivity contribution >= 4 is 29.9 Å². The van der Waals surface area contributed by atoms with Crippen molar-refractivity contribution in [2.45, 2.75) is 38.8 Å². The summed E-state index contributed by atoms with van der Waals surface area (Å²) in [5, 5.41) is 6.07. The van der Waals surface area contributed by atoms with Crippen molar-refractivity contribution in [2.75, 3.05) is 19.6 Å². The summed E-state index contributed by atoms with van der Waals surface area (Å²) in [6, 6.07) is 6.55. The van der Waals surface area contributed by atoms with E-state index in [0.29, 0.717) is 44.0 Å². The lowest BCUT2D eigenvalue weighted by Gasteiger charge is -2.11. The molecule has 1 aromatic rings. The van der Waals surface area contributed by atoms with Gasteiger partial charge in [0.1, 0.15) is 5.82 Å². The van der Waals surface area contributed by atoms with E-state index in [9.17, 15) is 17.6 Å². The smallest absolute Gasteiger partial charge is 0.357 e. The number of halogens is 5. The SMILES string of the molecule is CCNC(=NCCCCC(F)(F)F)NCCc1ccccc1F.I. The number of alkyl halides is 3. The Morgan fingerprint density at radius 3 is 2.46 bits per heavy atom. The van der Waals surface area contributed by atoms with Crippen LogP contribution in [0.5, 0.6) is 0 Å². The van der Waals surface area contributed by atoms with E-state index in [2.05, 4.69) is 15.6 Å². The van der Waals surface area contributed by atoms with Gasteiger partial charge in [0.2, 0.25) is 0 Å². The molecule has 2 N–H and O–H groups in total. The molecule has 0 bridgehead atoms. The fourth-order valence-electron chi connectivity index (χ4n) is 1.99. The minimum atomic E-state index is -4.10. The molecule has 0 aliphatic carbocycles. The molecule has 1 rings (SSSR count). The zero-order valence-electron chi connectivity index (χ0n) is 13.6. The van der Waals surface area contributed by atoms with Crippen molar-refractivity contribution in [3.63, 3.8) is 0 Å². The molecule has 24 heavy (non-hydrogen) atoms. The maximum Gasteiger partial charge on any atom is 0.389 e. The molecular formula is C16H24F4IN3. The van der Waals surface area contributed by atoms with Crippen molar-refractivity contribution < 1.29 is 17.6 Å². The molecule has 8 heteroatoms. The molecule has 0 aliphatic rings. The van der Waals surface area contributed by atoms with E-state index in [1.165, 1.54) is 6.07 Å². The number of hydrogen-bond donors (Lipinski definition) is 2. The molecule has 1 aromatic carbocycles. The Bertz CT molecular complexity index is 492. The highest BCUT2D eigenvalue weighted by Gasteiger charge is 2.25. The molecular weight excluding hydrogens is 437 g/mol. The predicted octanol–water partition coefficient (Wildman–Crippen LogP) is 4.27. The summed E-state index contributed by atoms with van der Waals surface area (Å²) < 4.78 is 49.6. The molecule has 3 nitrogen and oxygen atoms in total. The fraction of sp³-hybridized carbons (Fsp3) is 0.562. The standard InChI is InChI=1S/C16H23F4N3.HI/c1-2-21-15(22-11-6-5-10-16(18,19)20)23-12-9-13-7-3-4-8-14(13)17;/h3-4,7-8H,2,5-6,9-12H2,1H3,(H2,21,22,23);1H. The van der Waals surface area contributed by atoms with Gasteiger partial charge in [-0.05, 0) is 37.8 Å². The van der Waals surface area contributed by atoms with Crippen LogP contribution in [0.1, 0.15) is 31.7 Å². The van der Waals surface area contributed by atoms with Crippen LogP contribution in [0.3, 0.4) is 0 Å². The zero-order chi connectivity index (χ0) is 17.1. The van der Waals surface area contributed by atoms with Gasteiger partial charge in [0.15, 0.2) is 5.96 Å². The Balaban J connectivity index is 0.00000529. The molecule has 0 saturated heterocycles. The van der Waals surface area contributed by atoms with Gasteiger partial charge in [0.05, 0.1) is 0 Å². The Labute approximate surface area is 157 Å². The lowest BCUT2D eigenvalue weighted by Crippen LogP contribution is -2.38. The molecule has 0 aliphatic heterocycles.